The zero-order valence-electron chi connectivity index (χ0n) is 13.1. The first-order valence-corrected chi connectivity index (χ1v) is 8.22. The third-order valence-electron chi connectivity index (χ3n) is 3.01. The fourth-order valence-corrected chi connectivity index (χ4v) is 2.74. The Bertz CT molecular complexity index is 1020. The van der Waals surface area contributed by atoms with E-state index in [0.717, 1.165) is 31.2 Å². The van der Waals surface area contributed by atoms with Crippen LogP contribution in [0, 0.1) is 29.1 Å². The van der Waals surface area contributed by atoms with E-state index in [1.54, 1.807) is 0 Å². The summed E-state index contributed by atoms with van der Waals surface area (Å²) in [4.78, 5) is 10.1. The van der Waals surface area contributed by atoms with E-state index in [2.05, 4.69) is 9.13 Å². The van der Waals surface area contributed by atoms with Crippen LogP contribution in [0.25, 0.3) is 0 Å². The van der Waals surface area contributed by atoms with E-state index in [9.17, 15) is 40.3 Å². The second-order valence-corrected chi connectivity index (χ2v) is 6.49. The second kappa shape index (κ2) is 7.31. The van der Waals surface area contributed by atoms with Gasteiger partial charge in [0.25, 0.3) is 10.0 Å². The van der Waals surface area contributed by atoms with E-state index >= 15 is 0 Å². The predicted octanol–water partition coefficient (Wildman–Crippen LogP) is 1.80. The van der Waals surface area contributed by atoms with Crippen molar-refractivity contribution in [3.63, 3.8) is 0 Å². The highest BCUT2D eigenvalue weighted by atomic mass is 32.2. The number of benzene rings is 2. The van der Waals surface area contributed by atoms with Crippen molar-refractivity contribution < 1.29 is 45.0 Å². The van der Waals surface area contributed by atoms with Gasteiger partial charge in [0.2, 0.25) is 5.82 Å². The molecule has 0 aliphatic rings. The average molecular weight is 408 g/mol. The van der Waals surface area contributed by atoms with Gasteiger partial charge in [-0.15, -0.1) is 0 Å². The monoisotopic (exact) mass is 408 g/mol. The molecule has 0 unspecified atom stereocenters. The molecule has 27 heavy (non-hydrogen) atoms. The third kappa shape index (κ3) is 4.05. The molecule has 144 valence electrons. The summed E-state index contributed by atoms with van der Waals surface area (Å²) in [6.07, 6.45) is 0. The van der Waals surface area contributed by atoms with Crippen LogP contribution in [-0.2, 0) is 14.8 Å². The number of hydrogen-bond donors (Lipinski definition) is 0. The first-order chi connectivity index (χ1) is 12.5. The molecular formula is C15H7F5NO5S-. The molecule has 6 nitrogen and oxygen atoms in total. The summed E-state index contributed by atoms with van der Waals surface area (Å²) in [6, 6.07) is 3.74. The minimum Gasteiger partial charge on any atom is -0.857 e. The normalized spacial score (nSPS) is 12.1. The lowest BCUT2D eigenvalue weighted by molar-refractivity contribution is -0.212. The molecule has 0 saturated carbocycles. The van der Waals surface area contributed by atoms with Crippen molar-refractivity contribution in [3.8, 4) is 5.75 Å². The highest BCUT2D eigenvalue weighted by Crippen LogP contribution is 2.24. The van der Waals surface area contributed by atoms with Crippen molar-refractivity contribution in [1.82, 2.24) is 0 Å². The van der Waals surface area contributed by atoms with Crippen LogP contribution in [0.15, 0.2) is 33.6 Å². The highest BCUT2D eigenvalue weighted by molar-refractivity contribution is 7.90. The van der Waals surface area contributed by atoms with Gasteiger partial charge in [-0.3, -0.25) is 4.79 Å². The molecule has 0 spiro atoms. The Morgan fingerprint density at radius 2 is 1.37 bits per heavy atom. The van der Waals surface area contributed by atoms with Crippen LogP contribution < -0.4 is 9.84 Å². The van der Waals surface area contributed by atoms with Crippen LogP contribution in [0.4, 0.5) is 22.0 Å². The first kappa shape index (κ1) is 20.3. The smallest absolute Gasteiger partial charge is 0.308 e. The summed E-state index contributed by atoms with van der Waals surface area (Å²) in [6.45, 7) is 1.09. The van der Waals surface area contributed by atoms with Gasteiger partial charge in [-0.1, -0.05) is 0 Å². The van der Waals surface area contributed by atoms with Gasteiger partial charge in [0, 0.05) is 12.8 Å². The lowest BCUT2D eigenvalue weighted by atomic mass is 10.1. The molecule has 0 atom stereocenters. The van der Waals surface area contributed by atoms with Crippen LogP contribution in [0.2, 0.25) is 0 Å². The molecule has 0 radical (unpaired) electrons. The zero-order valence-corrected chi connectivity index (χ0v) is 13.9. The first-order valence-electron chi connectivity index (χ1n) is 6.78. The highest BCUT2D eigenvalue weighted by Gasteiger charge is 2.26. The molecule has 2 aromatic rings. The summed E-state index contributed by atoms with van der Waals surface area (Å²) < 4.78 is 97.6. The Labute approximate surface area is 148 Å². The minimum atomic E-state index is -4.86. The van der Waals surface area contributed by atoms with Crippen molar-refractivity contribution >= 4 is 21.9 Å². The van der Waals surface area contributed by atoms with Crippen LogP contribution in [0.1, 0.15) is 12.5 Å². The molecule has 0 fully saturated rings. The quantitative estimate of drug-likeness (QED) is 0.146. The van der Waals surface area contributed by atoms with Gasteiger partial charge in [-0.2, -0.15) is 12.8 Å². The van der Waals surface area contributed by atoms with Gasteiger partial charge in [-0.25, -0.2) is 22.0 Å². The van der Waals surface area contributed by atoms with Gasteiger partial charge in [0.1, 0.15) is 5.75 Å². The standard InChI is InChI=1S/C15H8F5NO5S/c1-6(22)26-7-2-4-8(5-3-7)27(24,25)21-15(23)9-10(16)12(18)14(20)13(19)11(9)17/h2-5H,1H3,(H,21,23)/p-1. The SMILES string of the molecule is CC(=O)Oc1ccc(S(=O)(=O)/N=C(\[O-])c2c(F)c(F)c(F)c(F)c2F)cc1. The lowest BCUT2D eigenvalue weighted by Gasteiger charge is -2.14. The summed E-state index contributed by atoms with van der Waals surface area (Å²) in [5, 5.41) is 11.8. The van der Waals surface area contributed by atoms with E-state index in [1.165, 1.54) is 0 Å². The Morgan fingerprint density at radius 3 is 1.81 bits per heavy atom. The predicted molar refractivity (Wildman–Crippen MR) is 77.7 cm³/mol. The third-order valence-corrected chi connectivity index (χ3v) is 4.28. The Kier molecular flexibility index (Phi) is 5.49. The van der Waals surface area contributed by atoms with Crippen LogP contribution >= 0.6 is 0 Å². The Hall–Kier alpha value is -3.02. The topological polar surface area (TPSA) is 95.9 Å². The number of sulfonamides is 1. The molecule has 0 heterocycles. The molecule has 12 heteroatoms. The number of hydrogen-bond acceptors (Lipinski definition) is 5. The fraction of sp³-hybridized carbons (Fsp3) is 0.0667. The Balaban J connectivity index is 2.50. The number of halogens is 5. The Morgan fingerprint density at radius 1 is 0.926 bits per heavy atom. The number of esters is 1. The van der Waals surface area contributed by atoms with Gasteiger partial charge in [0.15, 0.2) is 23.3 Å². The molecule has 0 aliphatic heterocycles. The second-order valence-electron chi connectivity index (χ2n) is 4.88. The largest absolute Gasteiger partial charge is 0.857 e. The molecule has 2 rings (SSSR count). The summed E-state index contributed by atoms with van der Waals surface area (Å²) in [5.74, 6) is -15.3. The van der Waals surface area contributed by atoms with Crippen molar-refractivity contribution in [2.24, 2.45) is 4.40 Å². The summed E-state index contributed by atoms with van der Waals surface area (Å²) in [7, 11) is -4.86. The fourth-order valence-electron chi connectivity index (χ4n) is 1.85. The van der Waals surface area contributed by atoms with Gasteiger partial charge in [0.05, 0.1) is 10.5 Å². The molecule has 0 amide bonds. The number of carbonyl (C=O) groups is 1. The molecule has 2 aromatic carbocycles. The maximum Gasteiger partial charge on any atom is 0.308 e. The van der Waals surface area contributed by atoms with Crippen molar-refractivity contribution in [2.45, 2.75) is 11.8 Å². The minimum absolute atomic E-state index is 0.0486. The van der Waals surface area contributed by atoms with Gasteiger partial charge >= 0.3 is 5.97 Å². The van der Waals surface area contributed by atoms with Crippen molar-refractivity contribution in [1.29, 1.82) is 0 Å². The summed E-state index contributed by atoms with van der Waals surface area (Å²) >= 11 is 0. The maximum absolute atomic E-state index is 13.6. The van der Waals surface area contributed by atoms with E-state index in [4.69, 9.17) is 0 Å². The zero-order chi connectivity index (χ0) is 20.5. The molecule has 0 aromatic heterocycles. The van der Waals surface area contributed by atoms with E-state index < -0.39 is 61.4 Å². The van der Waals surface area contributed by atoms with Crippen molar-refractivity contribution in [2.75, 3.05) is 0 Å². The van der Waals surface area contributed by atoms with Gasteiger partial charge < -0.3 is 9.84 Å². The molecular weight excluding hydrogens is 401 g/mol. The average Bonchev–Trinajstić information content (AvgIpc) is 2.58. The molecule has 0 N–H and O–H groups in total. The molecule has 0 saturated heterocycles. The lowest BCUT2D eigenvalue weighted by Crippen LogP contribution is -2.25. The number of nitrogens with zero attached hydrogens (tertiary/aromatic N) is 1. The van der Waals surface area contributed by atoms with Crippen LogP contribution in [0.5, 0.6) is 5.75 Å². The number of ether oxygens (including phenoxy) is 1. The van der Waals surface area contributed by atoms with E-state index in [-0.39, 0.29) is 5.75 Å². The van der Waals surface area contributed by atoms with Crippen LogP contribution in [-0.4, -0.2) is 20.3 Å². The molecule has 0 aliphatic carbocycles. The van der Waals surface area contributed by atoms with E-state index in [1.807, 2.05) is 0 Å². The summed E-state index contributed by atoms with van der Waals surface area (Å²) in [5.41, 5.74) is -2.01. The van der Waals surface area contributed by atoms with E-state index in [0.29, 0.717) is 0 Å². The van der Waals surface area contributed by atoms with Crippen molar-refractivity contribution in [3.05, 3.63) is 58.9 Å². The number of carbonyl (C=O) groups excluding carboxylic acids is 1. The van der Waals surface area contributed by atoms with Gasteiger partial charge in [-0.05, 0) is 24.3 Å². The van der Waals surface area contributed by atoms with Crippen LogP contribution in [0.3, 0.4) is 0 Å². The molecule has 0 bridgehead atoms. The maximum atomic E-state index is 13.6. The number of rotatable bonds is 4.